The summed E-state index contributed by atoms with van der Waals surface area (Å²) in [5.41, 5.74) is 0.833. The highest BCUT2D eigenvalue weighted by Crippen LogP contribution is 2.08. The Balaban J connectivity index is 3.92. The molecule has 0 rings (SSSR count). The minimum absolute atomic E-state index is 0.123. The molecule has 0 aromatic carbocycles. The second-order valence-corrected chi connectivity index (χ2v) is 3.71. The van der Waals surface area contributed by atoms with Crippen molar-refractivity contribution in [1.82, 2.24) is 0 Å². The van der Waals surface area contributed by atoms with Crippen LogP contribution in [-0.2, 0) is 9.53 Å². The fourth-order valence-corrected chi connectivity index (χ4v) is 1.25. The van der Waals surface area contributed by atoms with Gasteiger partial charge < -0.3 is 4.74 Å². The summed E-state index contributed by atoms with van der Waals surface area (Å²) in [5, 5.41) is 0. The Labute approximate surface area is 93.7 Å². The van der Waals surface area contributed by atoms with Gasteiger partial charge in [-0.25, -0.2) is 4.79 Å². The third-order valence-electron chi connectivity index (χ3n) is 2.32. The molecule has 0 spiro atoms. The number of rotatable bonds is 8. The second-order valence-electron chi connectivity index (χ2n) is 3.71. The van der Waals surface area contributed by atoms with E-state index in [9.17, 15) is 4.79 Å². The van der Waals surface area contributed by atoms with E-state index in [1.807, 2.05) is 13.0 Å². The van der Waals surface area contributed by atoms with Crippen LogP contribution in [0.25, 0.3) is 0 Å². The third kappa shape index (κ3) is 7.18. The molecule has 0 aliphatic heterocycles. The normalized spacial score (nSPS) is 11.5. The van der Waals surface area contributed by atoms with Crippen molar-refractivity contribution in [2.24, 2.45) is 0 Å². The minimum atomic E-state index is -0.123. The predicted molar refractivity (Wildman–Crippen MR) is 63.8 cm³/mol. The lowest BCUT2D eigenvalue weighted by atomic mass is 10.1. The average molecular weight is 212 g/mol. The van der Waals surface area contributed by atoms with Gasteiger partial charge in [0.25, 0.3) is 0 Å². The van der Waals surface area contributed by atoms with Gasteiger partial charge in [-0.3, -0.25) is 0 Å². The van der Waals surface area contributed by atoms with Gasteiger partial charge in [-0.1, -0.05) is 46.1 Å². The van der Waals surface area contributed by atoms with Crippen molar-refractivity contribution in [3.63, 3.8) is 0 Å². The number of carbonyl (C=O) groups is 1. The van der Waals surface area contributed by atoms with E-state index in [-0.39, 0.29) is 5.97 Å². The standard InChI is InChI=1S/C13H24O2/c1-4-7-9-10-12(6-3)13(14)15-11-8-5-2/h10H,4-9,11H2,1-3H3. The van der Waals surface area contributed by atoms with Crippen LogP contribution in [-0.4, -0.2) is 12.6 Å². The van der Waals surface area contributed by atoms with Crippen LogP contribution in [0.1, 0.15) is 59.3 Å². The zero-order valence-corrected chi connectivity index (χ0v) is 10.3. The maximum Gasteiger partial charge on any atom is 0.333 e. The topological polar surface area (TPSA) is 26.3 Å². The molecule has 0 aromatic heterocycles. The van der Waals surface area contributed by atoms with E-state index in [0.29, 0.717) is 6.61 Å². The molecular formula is C13H24O2. The Kier molecular flexibility index (Phi) is 9.24. The maximum absolute atomic E-state index is 11.6. The fraction of sp³-hybridized carbons (Fsp3) is 0.769. The first-order chi connectivity index (χ1) is 7.26. The summed E-state index contributed by atoms with van der Waals surface area (Å²) in [6.45, 7) is 6.80. The zero-order valence-electron chi connectivity index (χ0n) is 10.3. The number of esters is 1. The lowest BCUT2D eigenvalue weighted by molar-refractivity contribution is -0.139. The first kappa shape index (κ1) is 14.2. The Morgan fingerprint density at radius 3 is 2.33 bits per heavy atom. The van der Waals surface area contributed by atoms with Gasteiger partial charge >= 0.3 is 5.97 Å². The number of hydrogen-bond donors (Lipinski definition) is 0. The molecule has 0 amide bonds. The SMILES string of the molecule is CCCCC=C(CC)C(=O)OCCCC. The average Bonchev–Trinajstić information content (AvgIpc) is 2.24. The van der Waals surface area contributed by atoms with E-state index in [1.165, 1.54) is 6.42 Å². The molecule has 0 aliphatic rings. The van der Waals surface area contributed by atoms with Crippen molar-refractivity contribution in [1.29, 1.82) is 0 Å². The van der Waals surface area contributed by atoms with Crippen LogP contribution in [0.5, 0.6) is 0 Å². The molecule has 0 aliphatic carbocycles. The van der Waals surface area contributed by atoms with Crippen LogP contribution in [0.3, 0.4) is 0 Å². The van der Waals surface area contributed by atoms with E-state index < -0.39 is 0 Å². The zero-order chi connectivity index (χ0) is 11.5. The van der Waals surface area contributed by atoms with Gasteiger partial charge in [0.15, 0.2) is 0 Å². The predicted octanol–water partition coefficient (Wildman–Crippen LogP) is 3.86. The van der Waals surface area contributed by atoms with Gasteiger partial charge in [-0.05, 0) is 19.3 Å². The second kappa shape index (κ2) is 9.75. The van der Waals surface area contributed by atoms with Crippen molar-refractivity contribution in [3.05, 3.63) is 11.6 Å². The molecule has 0 unspecified atom stereocenters. The minimum Gasteiger partial charge on any atom is -0.462 e. The molecule has 2 heteroatoms. The highest BCUT2D eigenvalue weighted by molar-refractivity contribution is 5.88. The molecule has 0 N–H and O–H groups in total. The van der Waals surface area contributed by atoms with Gasteiger partial charge in [0.2, 0.25) is 0 Å². The number of hydrogen-bond acceptors (Lipinski definition) is 2. The third-order valence-corrected chi connectivity index (χ3v) is 2.32. The van der Waals surface area contributed by atoms with Crippen molar-refractivity contribution in [3.8, 4) is 0 Å². The summed E-state index contributed by atoms with van der Waals surface area (Å²) in [4.78, 5) is 11.6. The molecule has 0 saturated carbocycles. The molecule has 0 heterocycles. The number of unbranched alkanes of at least 4 members (excludes halogenated alkanes) is 3. The van der Waals surface area contributed by atoms with Crippen LogP contribution in [0.2, 0.25) is 0 Å². The molecule has 0 bridgehead atoms. The number of ether oxygens (including phenoxy) is 1. The Hall–Kier alpha value is -0.790. The largest absolute Gasteiger partial charge is 0.462 e. The Bertz CT molecular complexity index is 195. The molecule has 0 atom stereocenters. The molecule has 2 nitrogen and oxygen atoms in total. The lowest BCUT2D eigenvalue weighted by Crippen LogP contribution is -2.08. The van der Waals surface area contributed by atoms with Gasteiger partial charge in [-0.2, -0.15) is 0 Å². The highest BCUT2D eigenvalue weighted by atomic mass is 16.5. The van der Waals surface area contributed by atoms with Gasteiger partial charge in [-0.15, -0.1) is 0 Å². The van der Waals surface area contributed by atoms with Crippen molar-refractivity contribution in [2.45, 2.75) is 59.3 Å². The summed E-state index contributed by atoms with van der Waals surface area (Å²) in [6.07, 6.45) is 8.12. The first-order valence-electron chi connectivity index (χ1n) is 6.12. The first-order valence-corrected chi connectivity index (χ1v) is 6.12. The summed E-state index contributed by atoms with van der Waals surface area (Å²) >= 11 is 0. The summed E-state index contributed by atoms with van der Waals surface area (Å²) in [6, 6.07) is 0. The van der Waals surface area contributed by atoms with Crippen LogP contribution >= 0.6 is 0 Å². The number of allylic oxidation sites excluding steroid dienone is 1. The lowest BCUT2D eigenvalue weighted by Gasteiger charge is -2.05. The summed E-state index contributed by atoms with van der Waals surface area (Å²) < 4.78 is 5.16. The monoisotopic (exact) mass is 212 g/mol. The summed E-state index contributed by atoms with van der Waals surface area (Å²) in [7, 11) is 0. The Morgan fingerprint density at radius 2 is 1.80 bits per heavy atom. The quantitative estimate of drug-likeness (QED) is 0.347. The molecule has 0 aromatic rings. The highest BCUT2D eigenvalue weighted by Gasteiger charge is 2.07. The van der Waals surface area contributed by atoms with Crippen molar-refractivity contribution in [2.75, 3.05) is 6.61 Å². The van der Waals surface area contributed by atoms with Crippen LogP contribution in [0, 0.1) is 0 Å². The van der Waals surface area contributed by atoms with E-state index in [1.54, 1.807) is 0 Å². The molecule has 15 heavy (non-hydrogen) atoms. The van der Waals surface area contributed by atoms with Gasteiger partial charge in [0.1, 0.15) is 0 Å². The van der Waals surface area contributed by atoms with Crippen LogP contribution < -0.4 is 0 Å². The van der Waals surface area contributed by atoms with Crippen LogP contribution in [0.4, 0.5) is 0 Å². The van der Waals surface area contributed by atoms with Gasteiger partial charge in [0.05, 0.1) is 6.61 Å². The van der Waals surface area contributed by atoms with E-state index in [2.05, 4.69) is 13.8 Å². The van der Waals surface area contributed by atoms with Gasteiger partial charge in [0, 0.05) is 5.57 Å². The smallest absolute Gasteiger partial charge is 0.333 e. The summed E-state index contributed by atoms with van der Waals surface area (Å²) in [5.74, 6) is -0.123. The fourth-order valence-electron chi connectivity index (χ4n) is 1.25. The van der Waals surface area contributed by atoms with Crippen LogP contribution in [0.15, 0.2) is 11.6 Å². The molecule has 0 radical (unpaired) electrons. The van der Waals surface area contributed by atoms with E-state index >= 15 is 0 Å². The maximum atomic E-state index is 11.6. The molecular weight excluding hydrogens is 188 g/mol. The van der Waals surface area contributed by atoms with E-state index in [4.69, 9.17) is 4.74 Å². The molecule has 0 saturated heterocycles. The van der Waals surface area contributed by atoms with Crippen molar-refractivity contribution < 1.29 is 9.53 Å². The number of carbonyl (C=O) groups excluding carboxylic acids is 1. The molecule has 88 valence electrons. The Morgan fingerprint density at radius 1 is 1.13 bits per heavy atom. The van der Waals surface area contributed by atoms with E-state index in [0.717, 1.165) is 37.7 Å². The van der Waals surface area contributed by atoms with Crippen molar-refractivity contribution >= 4 is 5.97 Å². The molecule has 0 fully saturated rings.